The fourth-order valence-electron chi connectivity index (χ4n) is 2.85. The Morgan fingerprint density at radius 1 is 1.24 bits per heavy atom. The van der Waals surface area contributed by atoms with E-state index in [2.05, 4.69) is 5.32 Å². The predicted molar refractivity (Wildman–Crippen MR) is 82.7 cm³/mol. The monoisotopic (exact) mass is 291 g/mol. The quantitative estimate of drug-likeness (QED) is 0.748. The summed E-state index contributed by atoms with van der Waals surface area (Å²) in [5.74, 6) is 2.05. The Morgan fingerprint density at radius 3 is 2.67 bits per heavy atom. The molecule has 0 saturated heterocycles. The van der Waals surface area contributed by atoms with Gasteiger partial charge < -0.3 is 14.8 Å². The number of hydrogen-bond donors (Lipinski definition) is 1. The second kappa shape index (κ2) is 8.55. The molecule has 21 heavy (non-hydrogen) atoms. The van der Waals surface area contributed by atoms with Gasteiger partial charge in [0.1, 0.15) is 0 Å². The first-order valence-corrected chi connectivity index (χ1v) is 7.82. The molecule has 4 nitrogen and oxygen atoms in total. The molecule has 1 aromatic carbocycles. The molecule has 0 heterocycles. The van der Waals surface area contributed by atoms with Gasteiger partial charge in [0, 0.05) is 6.54 Å². The van der Waals surface area contributed by atoms with Crippen LogP contribution in [0.3, 0.4) is 0 Å². The number of benzene rings is 1. The first kappa shape index (κ1) is 15.7. The zero-order chi connectivity index (χ0) is 14.9. The number of ether oxygens (including phenoxy) is 2. The van der Waals surface area contributed by atoms with Gasteiger partial charge in [-0.15, -0.1) is 0 Å². The normalized spacial score (nSPS) is 14.9. The van der Waals surface area contributed by atoms with E-state index in [1.54, 1.807) is 13.2 Å². The molecule has 0 spiro atoms. The second-order valence-corrected chi connectivity index (χ2v) is 5.58. The first-order chi connectivity index (χ1) is 10.3. The van der Waals surface area contributed by atoms with E-state index in [1.165, 1.54) is 32.1 Å². The molecule has 0 aliphatic heterocycles. The molecule has 0 aromatic heterocycles. The van der Waals surface area contributed by atoms with E-state index in [1.807, 2.05) is 18.2 Å². The molecule has 1 aromatic rings. The van der Waals surface area contributed by atoms with Crippen molar-refractivity contribution >= 4 is 5.91 Å². The van der Waals surface area contributed by atoms with Crippen molar-refractivity contribution in [3.63, 3.8) is 0 Å². The van der Waals surface area contributed by atoms with E-state index in [4.69, 9.17) is 9.47 Å². The Balaban J connectivity index is 1.60. The summed E-state index contributed by atoms with van der Waals surface area (Å²) in [6, 6.07) is 7.34. The molecule has 0 radical (unpaired) electrons. The lowest BCUT2D eigenvalue weighted by molar-refractivity contribution is -0.123. The minimum atomic E-state index is -0.0765. The van der Waals surface area contributed by atoms with Gasteiger partial charge in [-0.3, -0.25) is 4.79 Å². The fourth-order valence-corrected chi connectivity index (χ4v) is 2.85. The van der Waals surface area contributed by atoms with Crippen molar-refractivity contribution in [1.82, 2.24) is 5.32 Å². The standard InChI is InChI=1S/C17H25NO3/c1-20-15-10-4-5-11-16(15)21-13-17(19)18-12-6-9-14-7-2-3-8-14/h4-5,10-11,14H,2-3,6-9,12-13H2,1H3,(H,18,19). The van der Waals surface area contributed by atoms with E-state index in [0.29, 0.717) is 11.5 Å². The van der Waals surface area contributed by atoms with Crippen LogP contribution in [0.15, 0.2) is 24.3 Å². The van der Waals surface area contributed by atoms with Gasteiger partial charge in [-0.1, -0.05) is 37.8 Å². The molecule has 1 fully saturated rings. The van der Waals surface area contributed by atoms with Crippen molar-refractivity contribution in [2.24, 2.45) is 5.92 Å². The third-order valence-electron chi connectivity index (χ3n) is 4.01. The third-order valence-corrected chi connectivity index (χ3v) is 4.01. The van der Waals surface area contributed by atoms with Crippen molar-refractivity contribution in [3.05, 3.63) is 24.3 Å². The Hall–Kier alpha value is -1.71. The van der Waals surface area contributed by atoms with Crippen LogP contribution in [-0.2, 0) is 4.79 Å². The van der Waals surface area contributed by atoms with Gasteiger partial charge in [-0.25, -0.2) is 0 Å². The van der Waals surface area contributed by atoms with Gasteiger partial charge in [-0.05, 0) is 30.9 Å². The predicted octanol–water partition coefficient (Wildman–Crippen LogP) is 3.16. The van der Waals surface area contributed by atoms with Crippen molar-refractivity contribution in [2.45, 2.75) is 38.5 Å². The molecule has 1 amide bonds. The highest BCUT2D eigenvalue weighted by molar-refractivity contribution is 5.77. The highest BCUT2D eigenvalue weighted by Crippen LogP contribution is 2.28. The topological polar surface area (TPSA) is 47.6 Å². The maximum atomic E-state index is 11.7. The van der Waals surface area contributed by atoms with Gasteiger partial charge >= 0.3 is 0 Å². The number of rotatable bonds is 8. The van der Waals surface area contributed by atoms with E-state index < -0.39 is 0 Å². The maximum Gasteiger partial charge on any atom is 0.257 e. The number of amides is 1. The summed E-state index contributed by atoms with van der Waals surface area (Å²) in [5, 5.41) is 2.91. The van der Waals surface area contributed by atoms with Gasteiger partial charge in [0.25, 0.3) is 5.91 Å². The van der Waals surface area contributed by atoms with Gasteiger partial charge in [0.05, 0.1) is 7.11 Å². The summed E-state index contributed by atoms with van der Waals surface area (Å²) in [7, 11) is 1.59. The number of carbonyl (C=O) groups is 1. The van der Waals surface area contributed by atoms with Crippen LogP contribution in [0.5, 0.6) is 11.5 Å². The lowest BCUT2D eigenvalue weighted by Crippen LogP contribution is -2.29. The summed E-state index contributed by atoms with van der Waals surface area (Å²) in [5.41, 5.74) is 0. The molecular weight excluding hydrogens is 266 g/mol. The highest BCUT2D eigenvalue weighted by atomic mass is 16.5. The zero-order valence-electron chi connectivity index (χ0n) is 12.8. The number of carbonyl (C=O) groups excluding carboxylic acids is 1. The number of methoxy groups -OCH3 is 1. The summed E-state index contributed by atoms with van der Waals surface area (Å²) in [6.07, 6.45) is 7.78. The van der Waals surface area contributed by atoms with Crippen molar-refractivity contribution in [2.75, 3.05) is 20.3 Å². The average molecular weight is 291 g/mol. The zero-order valence-corrected chi connectivity index (χ0v) is 12.8. The van der Waals surface area contributed by atoms with E-state index in [0.717, 1.165) is 18.9 Å². The molecule has 1 saturated carbocycles. The minimum absolute atomic E-state index is 0.0315. The van der Waals surface area contributed by atoms with Crippen LogP contribution in [0.25, 0.3) is 0 Å². The molecule has 2 rings (SSSR count). The van der Waals surface area contributed by atoms with Crippen molar-refractivity contribution in [1.29, 1.82) is 0 Å². The lowest BCUT2D eigenvalue weighted by atomic mass is 10.0. The molecule has 0 bridgehead atoms. The Bertz CT molecular complexity index is 441. The molecule has 4 heteroatoms. The van der Waals surface area contributed by atoms with Crippen molar-refractivity contribution in [3.8, 4) is 11.5 Å². The molecule has 1 aliphatic rings. The summed E-state index contributed by atoms with van der Waals surface area (Å²) >= 11 is 0. The second-order valence-electron chi connectivity index (χ2n) is 5.58. The summed E-state index contributed by atoms with van der Waals surface area (Å²) < 4.78 is 10.7. The Kier molecular flexibility index (Phi) is 6.38. The molecule has 0 unspecified atom stereocenters. The van der Waals surface area contributed by atoms with Gasteiger partial charge in [0.2, 0.25) is 0 Å². The van der Waals surface area contributed by atoms with Gasteiger partial charge in [0.15, 0.2) is 18.1 Å². The fraction of sp³-hybridized carbons (Fsp3) is 0.588. The van der Waals surface area contributed by atoms with Crippen LogP contribution >= 0.6 is 0 Å². The molecular formula is C17H25NO3. The molecule has 0 atom stereocenters. The smallest absolute Gasteiger partial charge is 0.257 e. The number of para-hydroxylation sites is 2. The minimum Gasteiger partial charge on any atom is -0.493 e. The lowest BCUT2D eigenvalue weighted by Gasteiger charge is -2.11. The van der Waals surface area contributed by atoms with E-state index >= 15 is 0 Å². The van der Waals surface area contributed by atoms with E-state index in [9.17, 15) is 4.79 Å². The SMILES string of the molecule is COc1ccccc1OCC(=O)NCCCC1CCCC1. The van der Waals surface area contributed by atoms with Crippen LogP contribution in [0.1, 0.15) is 38.5 Å². The Morgan fingerprint density at radius 2 is 1.95 bits per heavy atom. The van der Waals surface area contributed by atoms with Gasteiger partial charge in [-0.2, -0.15) is 0 Å². The van der Waals surface area contributed by atoms with Crippen LogP contribution in [0.4, 0.5) is 0 Å². The van der Waals surface area contributed by atoms with E-state index in [-0.39, 0.29) is 12.5 Å². The maximum absolute atomic E-state index is 11.7. The third kappa shape index (κ3) is 5.29. The number of hydrogen-bond acceptors (Lipinski definition) is 3. The largest absolute Gasteiger partial charge is 0.493 e. The number of nitrogens with one attached hydrogen (secondary N) is 1. The molecule has 116 valence electrons. The van der Waals surface area contributed by atoms with Crippen LogP contribution < -0.4 is 14.8 Å². The highest BCUT2D eigenvalue weighted by Gasteiger charge is 2.14. The summed E-state index contributed by atoms with van der Waals surface area (Å²) in [6.45, 7) is 0.772. The average Bonchev–Trinajstić information content (AvgIpc) is 3.03. The van der Waals surface area contributed by atoms with Crippen molar-refractivity contribution < 1.29 is 14.3 Å². The molecule has 1 N–H and O–H groups in total. The first-order valence-electron chi connectivity index (χ1n) is 7.82. The molecule has 1 aliphatic carbocycles. The summed E-state index contributed by atoms with van der Waals surface area (Å²) in [4.78, 5) is 11.7. The Labute approximate surface area is 126 Å². The van der Waals surface area contributed by atoms with Crippen LogP contribution in [0, 0.1) is 5.92 Å². The van der Waals surface area contributed by atoms with Crippen LogP contribution in [-0.4, -0.2) is 26.2 Å². The van der Waals surface area contributed by atoms with Crippen LogP contribution in [0.2, 0.25) is 0 Å².